The maximum Gasteiger partial charge on any atom is 0.402 e. The molecular weight excluding hydrogens is 399 g/mol. The number of nitrogens with one attached hydrogen (secondary N) is 2. The standard InChI is InChI=1S/C15H18F3N7O2S/c1-2-9-6-24(28(26,27)21-8-15(16,17)18)7-10(9)14-23-22-12-5-20-13-11(25(12)14)3-4-19-13/h3-5,9-10,19,21H,2,6-8H2,1H3. The zero-order chi connectivity index (χ0) is 20.1. The molecule has 0 radical (unpaired) electrons. The molecule has 2 unspecified atom stereocenters. The number of hydrogen-bond donors (Lipinski definition) is 2. The molecule has 0 aromatic carbocycles. The number of fused-ring (bicyclic) bond motifs is 3. The first-order chi connectivity index (χ1) is 13.2. The van der Waals surface area contributed by atoms with Crippen molar-refractivity contribution in [3.8, 4) is 0 Å². The van der Waals surface area contributed by atoms with E-state index in [0.717, 1.165) is 9.82 Å². The second kappa shape index (κ2) is 6.67. The summed E-state index contributed by atoms with van der Waals surface area (Å²) in [4.78, 5) is 7.25. The zero-order valence-electron chi connectivity index (χ0n) is 14.8. The first-order valence-electron chi connectivity index (χ1n) is 8.68. The van der Waals surface area contributed by atoms with Crippen LogP contribution in [-0.4, -0.2) is 63.1 Å². The summed E-state index contributed by atoms with van der Waals surface area (Å²) >= 11 is 0. The van der Waals surface area contributed by atoms with Gasteiger partial charge in [0, 0.05) is 25.2 Å². The third-order valence-corrected chi connectivity index (χ3v) is 6.51. The predicted molar refractivity (Wildman–Crippen MR) is 93.7 cm³/mol. The smallest absolute Gasteiger partial charge is 0.345 e. The minimum absolute atomic E-state index is 0.0285. The quantitative estimate of drug-likeness (QED) is 0.653. The summed E-state index contributed by atoms with van der Waals surface area (Å²) < 4.78 is 66.5. The van der Waals surface area contributed by atoms with Crippen LogP contribution in [0.25, 0.3) is 16.8 Å². The molecule has 0 saturated carbocycles. The number of aromatic amines is 1. The molecule has 13 heteroatoms. The Labute approximate surface area is 158 Å². The number of rotatable bonds is 5. The van der Waals surface area contributed by atoms with E-state index in [1.54, 1.807) is 17.1 Å². The van der Waals surface area contributed by atoms with Gasteiger partial charge in [-0.15, -0.1) is 10.2 Å². The minimum Gasteiger partial charge on any atom is -0.345 e. The Balaban J connectivity index is 1.67. The van der Waals surface area contributed by atoms with E-state index < -0.39 is 22.9 Å². The van der Waals surface area contributed by atoms with Crippen LogP contribution in [0.5, 0.6) is 0 Å². The van der Waals surface area contributed by atoms with Gasteiger partial charge in [-0.25, -0.2) is 4.98 Å². The summed E-state index contributed by atoms with van der Waals surface area (Å²) in [5.74, 6) is 0.169. The largest absolute Gasteiger partial charge is 0.402 e. The second-order valence-corrected chi connectivity index (χ2v) is 8.51. The lowest BCUT2D eigenvalue weighted by Gasteiger charge is -2.17. The van der Waals surface area contributed by atoms with Crippen molar-refractivity contribution in [2.45, 2.75) is 25.4 Å². The number of alkyl halides is 3. The summed E-state index contributed by atoms with van der Waals surface area (Å²) in [6, 6.07) is 1.82. The van der Waals surface area contributed by atoms with Crippen molar-refractivity contribution in [2.75, 3.05) is 19.6 Å². The van der Waals surface area contributed by atoms with Crippen LogP contribution in [0.1, 0.15) is 25.1 Å². The first kappa shape index (κ1) is 19.1. The van der Waals surface area contributed by atoms with Gasteiger partial charge in [-0.1, -0.05) is 13.3 Å². The van der Waals surface area contributed by atoms with Gasteiger partial charge in [-0.05, 0) is 12.0 Å². The van der Waals surface area contributed by atoms with Gasteiger partial charge < -0.3 is 4.98 Å². The fourth-order valence-corrected chi connectivity index (χ4v) is 4.91. The highest BCUT2D eigenvalue weighted by Crippen LogP contribution is 2.35. The fourth-order valence-electron chi connectivity index (χ4n) is 3.64. The lowest BCUT2D eigenvalue weighted by Crippen LogP contribution is -2.43. The van der Waals surface area contributed by atoms with Crippen LogP contribution in [0, 0.1) is 5.92 Å². The van der Waals surface area contributed by atoms with Crippen molar-refractivity contribution in [1.29, 1.82) is 0 Å². The molecule has 2 N–H and O–H groups in total. The second-order valence-electron chi connectivity index (χ2n) is 6.75. The molecule has 28 heavy (non-hydrogen) atoms. The highest BCUT2D eigenvalue weighted by molar-refractivity contribution is 7.87. The summed E-state index contributed by atoms with van der Waals surface area (Å²) in [5, 5.41) is 8.37. The van der Waals surface area contributed by atoms with Crippen molar-refractivity contribution < 1.29 is 21.6 Å². The van der Waals surface area contributed by atoms with Gasteiger partial charge in [0.25, 0.3) is 10.2 Å². The maximum atomic E-state index is 12.4. The number of nitrogens with zero attached hydrogens (tertiary/aromatic N) is 5. The van der Waals surface area contributed by atoms with Crippen LogP contribution < -0.4 is 4.72 Å². The summed E-state index contributed by atoms with van der Waals surface area (Å²) in [6.45, 7) is 0.454. The Morgan fingerprint density at radius 3 is 2.82 bits per heavy atom. The molecule has 3 aromatic heterocycles. The van der Waals surface area contributed by atoms with Crippen molar-refractivity contribution >= 4 is 27.0 Å². The minimum atomic E-state index is -4.62. The highest BCUT2D eigenvalue weighted by Gasteiger charge is 2.42. The summed E-state index contributed by atoms with van der Waals surface area (Å²) in [6.07, 6.45) is -0.687. The van der Waals surface area contributed by atoms with Crippen molar-refractivity contribution in [3.05, 3.63) is 24.3 Å². The SMILES string of the molecule is CCC1CN(S(=O)(=O)NCC(F)(F)F)CC1c1nnc2cnc3[nH]ccc3n12. The molecule has 0 bridgehead atoms. The van der Waals surface area contributed by atoms with Gasteiger partial charge in [-0.2, -0.15) is 30.6 Å². The molecule has 1 fully saturated rings. The van der Waals surface area contributed by atoms with Crippen molar-refractivity contribution in [1.82, 2.24) is 33.6 Å². The molecule has 4 heterocycles. The van der Waals surface area contributed by atoms with Crippen LogP contribution in [0.4, 0.5) is 13.2 Å². The van der Waals surface area contributed by atoms with E-state index in [0.29, 0.717) is 23.5 Å². The number of halogens is 3. The molecule has 1 aliphatic heterocycles. The molecule has 4 rings (SSSR count). The molecule has 2 atom stereocenters. The molecule has 0 amide bonds. The van der Waals surface area contributed by atoms with Crippen LogP contribution >= 0.6 is 0 Å². The van der Waals surface area contributed by atoms with Crippen molar-refractivity contribution in [3.63, 3.8) is 0 Å². The average molecular weight is 417 g/mol. The average Bonchev–Trinajstić information content (AvgIpc) is 3.34. The number of hydrogen-bond acceptors (Lipinski definition) is 5. The Morgan fingerprint density at radius 2 is 2.11 bits per heavy atom. The topological polar surface area (TPSA) is 108 Å². The van der Waals surface area contributed by atoms with E-state index in [4.69, 9.17) is 0 Å². The van der Waals surface area contributed by atoms with Crippen LogP contribution in [-0.2, 0) is 10.2 Å². The molecule has 9 nitrogen and oxygen atoms in total. The van der Waals surface area contributed by atoms with E-state index >= 15 is 0 Å². The molecule has 0 aliphatic carbocycles. The Morgan fingerprint density at radius 1 is 1.32 bits per heavy atom. The van der Waals surface area contributed by atoms with Gasteiger partial charge in [0.1, 0.15) is 12.4 Å². The van der Waals surface area contributed by atoms with Crippen LogP contribution in [0.15, 0.2) is 18.5 Å². The molecular formula is C15H18F3N7O2S. The normalized spacial score (nSPS) is 21.9. The van der Waals surface area contributed by atoms with E-state index in [1.807, 2.05) is 17.4 Å². The van der Waals surface area contributed by atoms with Gasteiger partial charge in [0.05, 0.1) is 11.7 Å². The first-order valence-corrected chi connectivity index (χ1v) is 10.1. The van der Waals surface area contributed by atoms with Crippen LogP contribution in [0.2, 0.25) is 0 Å². The lowest BCUT2D eigenvalue weighted by atomic mass is 9.93. The third kappa shape index (κ3) is 3.33. The number of aromatic nitrogens is 5. The van der Waals surface area contributed by atoms with Gasteiger partial charge in [0.15, 0.2) is 11.3 Å². The zero-order valence-corrected chi connectivity index (χ0v) is 15.6. The monoisotopic (exact) mass is 417 g/mol. The molecule has 152 valence electrons. The van der Waals surface area contributed by atoms with E-state index in [2.05, 4.69) is 20.2 Å². The number of H-pyrrole nitrogens is 1. The fraction of sp³-hybridized carbons (Fsp3) is 0.533. The summed E-state index contributed by atoms with van der Waals surface area (Å²) in [5.41, 5.74) is 1.91. The predicted octanol–water partition coefficient (Wildman–Crippen LogP) is 1.43. The highest BCUT2D eigenvalue weighted by atomic mass is 32.2. The van der Waals surface area contributed by atoms with E-state index in [-0.39, 0.29) is 24.9 Å². The van der Waals surface area contributed by atoms with Gasteiger partial charge in [-0.3, -0.25) is 4.40 Å². The molecule has 1 aliphatic rings. The van der Waals surface area contributed by atoms with E-state index in [1.165, 1.54) is 0 Å². The Kier molecular flexibility index (Phi) is 4.55. The lowest BCUT2D eigenvalue weighted by molar-refractivity contribution is -0.121. The Bertz CT molecular complexity index is 1110. The molecule has 3 aromatic rings. The van der Waals surface area contributed by atoms with Gasteiger partial charge in [0.2, 0.25) is 0 Å². The van der Waals surface area contributed by atoms with Crippen LogP contribution in [0.3, 0.4) is 0 Å². The van der Waals surface area contributed by atoms with Gasteiger partial charge >= 0.3 is 6.18 Å². The molecule has 1 saturated heterocycles. The van der Waals surface area contributed by atoms with Crippen molar-refractivity contribution in [2.24, 2.45) is 5.92 Å². The third-order valence-electron chi connectivity index (χ3n) is 5.03. The summed E-state index contributed by atoms with van der Waals surface area (Å²) in [7, 11) is -4.26. The van der Waals surface area contributed by atoms with E-state index in [9.17, 15) is 21.6 Å². The maximum absolute atomic E-state index is 12.4. The Hall–Kier alpha value is -2.25. The molecule has 0 spiro atoms.